The van der Waals surface area contributed by atoms with Crippen molar-refractivity contribution in [1.29, 1.82) is 0 Å². The van der Waals surface area contributed by atoms with E-state index in [-0.39, 0.29) is 0 Å². The van der Waals surface area contributed by atoms with Gasteiger partial charge in [0.25, 0.3) is 0 Å². The van der Waals surface area contributed by atoms with E-state index in [1.165, 1.54) is 12.8 Å². The molecule has 0 saturated carbocycles. The summed E-state index contributed by atoms with van der Waals surface area (Å²) in [5.74, 6) is 0. The minimum Gasteiger partial charge on any atom is -0.392 e. The number of hydrogen-bond acceptors (Lipinski definition) is 3. The van der Waals surface area contributed by atoms with Crippen LogP contribution in [0.3, 0.4) is 0 Å². The Kier molecular flexibility index (Phi) is 4.96. The maximum atomic E-state index is 5.75. The van der Waals surface area contributed by atoms with Crippen LogP contribution in [0.2, 0.25) is 0 Å². The highest BCUT2D eigenvalue weighted by atomic mass is 32.1. The van der Waals surface area contributed by atoms with Crippen molar-refractivity contribution in [3.8, 4) is 0 Å². The van der Waals surface area contributed by atoms with Crippen LogP contribution in [0.25, 0.3) is 0 Å². The molecule has 0 aromatic rings. The van der Waals surface area contributed by atoms with Crippen molar-refractivity contribution in [2.75, 3.05) is 27.2 Å². The zero-order valence-electron chi connectivity index (χ0n) is 10.1. The maximum Gasteiger partial charge on any atom is 0.0901 e. The Morgan fingerprint density at radius 3 is 2.33 bits per heavy atom. The quantitative estimate of drug-likeness (QED) is 0.731. The van der Waals surface area contributed by atoms with Gasteiger partial charge < -0.3 is 10.6 Å². The Labute approximate surface area is 98.6 Å². The maximum absolute atomic E-state index is 5.75. The van der Waals surface area contributed by atoms with Crippen molar-refractivity contribution in [2.45, 2.75) is 38.3 Å². The molecule has 1 saturated heterocycles. The molecule has 0 radical (unpaired) electrons. The number of thiocarbonyl (C=S) groups is 1. The number of nitrogens with two attached hydrogens (primary N) is 1. The first-order valence-electron chi connectivity index (χ1n) is 5.76. The summed E-state index contributed by atoms with van der Waals surface area (Å²) in [6.07, 6.45) is 3.49. The molecule has 1 rings (SSSR count). The number of rotatable bonds is 4. The molecule has 1 fully saturated rings. The van der Waals surface area contributed by atoms with E-state index in [0.29, 0.717) is 11.0 Å². The van der Waals surface area contributed by atoms with E-state index in [1.54, 1.807) is 0 Å². The Bertz CT molecular complexity index is 210. The van der Waals surface area contributed by atoms with E-state index in [1.807, 2.05) is 0 Å². The summed E-state index contributed by atoms with van der Waals surface area (Å²) in [5.41, 5.74) is 5.75. The third kappa shape index (κ3) is 3.40. The second-order valence-corrected chi connectivity index (χ2v) is 5.03. The standard InChI is InChI=1S/C11H23N3S/c1-4-10(11(12)15)14-7-5-9(6-8-14)13(2)3/h9-10H,4-8H2,1-3H3,(H2,12,15). The van der Waals surface area contributed by atoms with Crippen LogP contribution >= 0.6 is 12.2 Å². The molecule has 2 N–H and O–H groups in total. The molecule has 1 aliphatic rings. The highest BCUT2D eigenvalue weighted by molar-refractivity contribution is 7.80. The second kappa shape index (κ2) is 5.77. The summed E-state index contributed by atoms with van der Waals surface area (Å²) in [6.45, 7) is 4.40. The summed E-state index contributed by atoms with van der Waals surface area (Å²) in [5, 5.41) is 0. The largest absolute Gasteiger partial charge is 0.392 e. The molecule has 0 spiro atoms. The van der Waals surface area contributed by atoms with Gasteiger partial charge in [-0.15, -0.1) is 0 Å². The van der Waals surface area contributed by atoms with Gasteiger partial charge >= 0.3 is 0 Å². The van der Waals surface area contributed by atoms with E-state index in [2.05, 4.69) is 30.8 Å². The monoisotopic (exact) mass is 229 g/mol. The normalized spacial score (nSPS) is 21.9. The number of hydrogen-bond donors (Lipinski definition) is 1. The summed E-state index contributed by atoms with van der Waals surface area (Å²) in [6, 6.07) is 1.04. The first kappa shape index (κ1) is 12.9. The fourth-order valence-corrected chi connectivity index (χ4v) is 2.67. The lowest BCUT2D eigenvalue weighted by molar-refractivity contribution is 0.129. The van der Waals surface area contributed by atoms with Gasteiger partial charge in [0.15, 0.2) is 0 Å². The molecule has 0 aliphatic carbocycles. The first-order valence-corrected chi connectivity index (χ1v) is 6.16. The third-order valence-electron chi connectivity index (χ3n) is 3.39. The zero-order valence-corrected chi connectivity index (χ0v) is 10.9. The van der Waals surface area contributed by atoms with Gasteiger partial charge in [-0.25, -0.2) is 0 Å². The van der Waals surface area contributed by atoms with Crippen molar-refractivity contribution >= 4 is 17.2 Å². The highest BCUT2D eigenvalue weighted by Crippen LogP contribution is 2.17. The van der Waals surface area contributed by atoms with E-state index in [0.717, 1.165) is 25.6 Å². The molecule has 1 unspecified atom stereocenters. The molecule has 1 atom stereocenters. The summed E-state index contributed by atoms with van der Waals surface area (Å²) in [4.78, 5) is 5.40. The molecule has 1 aliphatic heterocycles. The number of likely N-dealkylation sites (tertiary alicyclic amines) is 1. The van der Waals surface area contributed by atoms with Gasteiger partial charge in [0, 0.05) is 19.1 Å². The van der Waals surface area contributed by atoms with E-state index >= 15 is 0 Å². The van der Waals surface area contributed by atoms with Gasteiger partial charge in [0.1, 0.15) is 0 Å². The third-order valence-corrected chi connectivity index (χ3v) is 3.66. The van der Waals surface area contributed by atoms with Gasteiger partial charge in [0.2, 0.25) is 0 Å². The van der Waals surface area contributed by atoms with Crippen LogP contribution in [0.15, 0.2) is 0 Å². The Morgan fingerprint density at radius 1 is 1.47 bits per heavy atom. The van der Waals surface area contributed by atoms with Crippen molar-refractivity contribution < 1.29 is 0 Å². The fraction of sp³-hybridized carbons (Fsp3) is 0.909. The summed E-state index contributed by atoms with van der Waals surface area (Å²) < 4.78 is 0. The lowest BCUT2D eigenvalue weighted by atomic mass is 10.0. The zero-order chi connectivity index (χ0) is 11.4. The molecular formula is C11H23N3S. The SMILES string of the molecule is CCC(C(N)=S)N1CCC(N(C)C)CC1. The summed E-state index contributed by atoms with van der Waals surface area (Å²) >= 11 is 5.10. The van der Waals surface area contributed by atoms with E-state index < -0.39 is 0 Å². The van der Waals surface area contributed by atoms with Crippen molar-refractivity contribution in [1.82, 2.24) is 9.80 Å². The molecule has 0 aromatic heterocycles. The van der Waals surface area contributed by atoms with Crippen LogP contribution < -0.4 is 5.73 Å². The number of piperidine rings is 1. The molecule has 0 amide bonds. The average Bonchev–Trinajstić information content (AvgIpc) is 2.19. The Hall–Kier alpha value is -0.190. The van der Waals surface area contributed by atoms with Crippen LogP contribution in [-0.4, -0.2) is 54.1 Å². The predicted molar refractivity (Wildman–Crippen MR) is 69.1 cm³/mol. The van der Waals surface area contributed by atoms with Crippen LogP contribution in [-0.2, 0) is 0 Å². The van der Waals surface area contributed by atoms with Gasteiger partial charge in [0.05, 0.1) is 11.0 Å². The molecular weight excluding hydrogens is 206 g/mol. The summed E-state index contributed by atoms with van der Waals surface area (Å²) in [7, 11) is 4.32. The van der Waals surface area contributed by atoms with E-state index in [4.69, 9.17) is 18.0 Å². The predicted octanol–water partition coefficient (Wildman–Crippen LogP) is 1.08. The molecule has 1 heterocycles. The van der Waals surface area contributed by atoms with Gasteiger partial charge in [-0.3, -0.25) is 4.90 Å². The molecule has 0 bridgehead atoms. The lowest BCUT2D eigenvalue weighted by Gasteiger charge is -2.38. The number of nitrogens with zero attached hydrogens (tertiary/aromatic N) is 2. The topological polar surface area (TPSA) is 32.5 Å². The Morgan fingerprint density at radius 2 is 2.00 bits per heavy atom. The Balaban J connectivity index is 2.45. The smallest absolute Gasteiger partial charge is 0.0901 e. The van der Waals surface area contributed by atoms with Gasteiger partial charge in [-0.2, -0.15) is 0 Å². The second-order valence-electron chi connectivity index (χ2n) is 4.56. The first-order chi connectivity index (χ1) is 7.06. The molecule has 4 heteroatoms. The van der Waals surface area contributed by atoms with Crippen molar-refractivity contribution in [3.05, 3.63) is 0 Å². The van der Waals surface area contributed by atoms with Gasteiger partial charge in [-0.1, -0.05) is 19.1 Å². The minimum atomic E-state index is 0.308. The minimum absolute atomic E-state index is 0.308. The van der Waals surface area contributed by atoms with Crippen molar-refractivity contribution in [3.63, 3.8) is 0 Å². The molecule has 3 nitrogen and oxygen atoms in total. The highest BCUT2D eigenvalue weighted by Gasteiger charge is 2.26. The van der Waals surface area contributed by atoms with Crippen LogP contribution in [0, 0.1) is 0 Å². The van der Waals surface area contributed by atoms with Gasteiger partial charge in [-0.05, 0) is 33.4 Å². The van der Waals surface area contributed by atoms with Crippen LogP contribution in [0.4, 0.5) is 0 Å². The average molecular weight is 229 g/mol. The molecule has 88 valence electrons. The lowest BCUT2D eigenvalue weighted by Crippen LogP contribution is -2.50. The molecule has 0 aromatic carbocycles. The van der Waals surface area contributed by atoms with Crippen LogP contribution in [0.5, 0.6) is 0 Å². The van der Waals surface area contributed by atoms with E-state index in [9.17, 15) is 0 Å². The fourth-order valence-electron chi connectivity index (χ4n) is 2.35. The van der Waals surface area contributed by atoms with Crippen molar-refractivity contribution in [2.24, 2.45) is 5.73 Å². The van der Waals surface area contributed by atoms with Crippen LogP contribution in [0.1, 0.15) is 26.2 Å². The molecule has 15 heavy (non-hydrogen) atoms.